The van der Waals surface area contributed by atoms with Crippen LogP contribution in [0.2, 0.25) is 0 Å². The van der Waals surface area contributed by atoms with E-state index in [0.717, 1.165) is 16.7 Å². The molecule has 0 spiro atoms. The van der Waals surface area contributed by atoms with Crippen molar-refractivity contribution in [1.29, 1.82) is 0 Å². The summed E-state index contributed by atoms with van der Waals surface area (Å²) in [5.74, 6) is -0.307. The van der Waals surface area contributed by atoms with Gasteiger partial charge in [0.2, 0.25) is 0 Å². The van der Waals surface area contributed by atoms with Crippen LogP contribution < -0.4 is 4.74 Å². The van der Waals surface area contributed by atoms with Crippen molar-refractivity contribution in [3.63, 3.8) is 0 Å². The summed E-state index contributed by atoms with van der Waals surface area (Å²) < 4.78 is 42.8. The number of nitrogens with zero attached hydrogens (tertiary/aromatic N) is 4. The number of rotatable bonds is 2. The minimum atomic E-state index is -4.74. The van der Waals surface area contributed by atoms with Crippen molar-refractivity contribution in [1.82, 2.24) is 19.6 Å². The van der Waals surface area contributed by atoms with Crippen molar-refractivity contribution in [3.8, 4) is 16.9 Å². The summed E-state index contributed by atoms with van der Waals surface area (Å²) >= 11 is 0. The lowest BCUT2D eigenvalue weighted by atomic mass is 10.0. The number of aromatic nitrogens is 4. The van der Waals surface area contributed by atoms with Crippen LogP contribution >= 0.6 is 0 Å². The van der Waals surface area contributed by atoms with Gasteiger partial charge in [0.05, 0.1) is 11.7 Å². The first kappa shape index (κ1) is 15.4. The summed E-state index contributed by atoms with van der Waals surface area (Å²) in [4.78, 5) is 8.54. The number of halogens is 3. The lowest BCUT2D eigenvalue weighted by Crippen LogP contribution is -2.17. The van der Waals surface area contributed by atoms with E-state index < -0.39 is 6.36 Å². The predicted molar refractivity (Wildman–Crippen MR) is 85.1 cm³/mol. The van der Waals surface area contributed by atoms with E-state index in [1.165, 1.54) is 18.3 Å². The highest BCUT2D eigenvalue weighted by Gasteiger charge is 2.31. The SMILES string of the molecule is Cc1cnc2c(-c3ccnc4cc(OC(F)(F)F)ccc34)cnn2c1. The molecule has 4 aromatic rings. The van der Waals surface area contributed by atoms with Crippen LogP contribution in [-0.2, 0) is 0 Å². The third-order valence-electron chi connectivity index (χ3n) is 3.72. The molecule has 0 fully saturated rings. The van der Waals surface area contributed by atoms with Crippen molar-refractivity contribution >= 4 is 16.6 Å². The van der Waals surface area contributed by atoms with Crippen molar-refractivity contribution in [2.45, 2.75) is 13.3 Å². The third kappa shape index (κ3) is 2.86. The molecule has 126 valence electrons. The van der Waals surface area contributed by atoms with E-state index in [9.17, 15) is 13.2 Å². The largest absolute Gasteiger partial charge is 0.573 e. The van der Waals surface area contributed by atoms with Gasteiger partial charge in [0.25, 0.3) is 0 Å². The second-order valence-electron chi connectivity index (χ2n) is 5.54. The normalized spacial score (nSPS) is 12.0. The van der Waals surface area contributed by atoms with E-state index in [2.05, 4.69) is 19.8 Å². The van der Waals surface area contributed by atoms with Crippen molar-refractivity contribution in [2.24, 2.45) is 0 Å². The average molecular weight is 344 g/mol. The van der Waals surface area contributed by atoms with E-state index in [-0.39, 0.29) is 5.75 Å². The number of pyridine rings is 1. The molecule has 0 atom stereocenters. The molecule has 3 heterocycles. The van der Waals surface area contributed by atoms with Gasteiger partial charge in [-0.2, -0.15) is 5.10 Å². The van der Waals surface area contributed by atoms with E-state index in [1.54, 1.807) is 29.0 Å². The fourth-order valence-corrected chi connectivity index (χ4v) is 2.72. The quantitative estimate of drug-likeness (QED) is 0.548. The van der Waals surface area contributed by atoms with Crippen LogP contribution in [0.3, 0.4) is 0 Å². The molecule has 25 heavy (non-hydrogen) atoms. The zero-order valence-electron chi connectivity index (χ0n) is 12.9. The van der Waals surface area contributed by atoms with Crippen molar-refractivity contribution < 1.29 is 17.9 Å². The molecule has 0 bridgehead atoms. The predicted octanol–water partition coefficient (Wildman–Crippen LogP) is 4.15. The molecule has 0 aliphatic heterocycles. The molecule has 0 saturated heterocycles. The molecule has 3 aromatic heterocycles. The Morgan fingerprint density at radius 2 is 1.88 bits per heavy atom. The standard InChI is InChI=1S/C17H11F3N4O/c1-10-7-22-16-14(8-23-24(16)9-10)12-4-5-21-15-6-11(2-3-13(12)15)25-17(18,19)20/h2-9H,1H3. The topological polar surface area (TPSA) is 52.3 Å². The Bertz CT molecular complexity index is 1090. The molecule has 0 amide bonds. The fourth-order valence-electron chi connectivity index (χ4n) is 2.72. The molecular formula is C17H11F3N4O. The zero-order valence-corrected chi connectivity index (χ0v) is 12.9. The average Bonchev–Trinajstić information content (AvgIpc) is 2.95. The third-order valence-corrected chi connectivity index (χ3v) is 3.72. The van der Waals surface area contributed by atoms with Crippen LogP contribution in [0, 0.1) is 6.92 Å². The number of hydrogen-bond donors (Lipinski definition) is 0. The van der Waals surface area contributed by atoms with Gasteiger partial charge in [-0.25, -0.2) is 9.50 Å². The highest BCUT2D eigenvalue weighted by atomic mass is 19.4. The number of aryl methyl sites for hydroxylation is 1. The van der Waals surface area contributed by atoms with Crippen LogP contribution in [0.15, 0.2) is 49.1 Å². The fraction of sp³-hybridized carbons (Fsp3) is 0.118. The first-order valence-electron chi connectivity index (χ1n) is 7.35. The number of hydrogen-bond acceptors (Lipinski definition) is 4. The number of ether oxygens (including phenoxy) is 1. The molecule has 4 rings (SSSR count). The van der Waals surface area contributed by atoms with Gasteiger partial charge in [-0.1, -0.05) is 0 Å². The van der Waals surface area contributed by atoms with Gasteiger partial charge < -0.3 is 4.74 Å². The van der Waals surface area contributed by atoms with Gasteiger partial charge in [-0.15, -0.1) is 13.2 Å². The molecule has 0 radical (unpaired) electrons. The van der Waals surface area contributed by atoms with E-state index >= 15 is 0 Å². The summed E-state index contributed by atoms with van der Waals surface area (Å²) in [6, 6.07) is 5.86. The van der Waals surface area contributed by atoms with E-state index in [1.807, 2.05) is 13.1 Å². The molecule has 0 N–H and O–H groups in total. The molecule has 5 nitrogen and oxygen atoms in total. The van der Waals surface area contributed by atoms with Gasteiger partial charge in [0, 0.05) is 35.6 Å². The second-order valence-corrected chi connectivity index (χ2v) is 5.54. The van der Waals surface area contributed by atoms with Crippen LogP contribution in [0.5, 0.6) is 5.75 Å². The monoisotopic (exact) mass is 344 g/mol. The van der Waals surface area contributed by atoms with Gasteiger partial charge in [0.15, 0.2) is 5.65 Å². The Hall–Kier alpha value is -3.16. The summed E-state index contributed by atoms with van der Waals surface area (Å²) in [5, 5.41) is 4.98. The Labute approximate surface area is 139 Å². The zero-order chi connectivity index (χ0) is 17.6. The van der Waals surface area contributed by atoms with E-state index in [0.29, 0.717) is 16.6 Å². The highest BCUT2D eigenvalue weighted by Crippen LogP contribution is 2.32. The Kier molecular flexibility index (Phi) is 3.34. The van der Waals surface area contributed by atoms with Crippen LogP contribution in [0.4, 0.5) is 13.2 Å². The Morgan fingerprint density at radius 3 is 2.68 bits per heavy atom. The lowest BCUT2D eigenvalue weighted by Gasteiger charge is -2.10. The Morgan fingerprint density at radius 1 is 1.04 bits per heavy atom. The van der Waals surface area contributed by atoms with Crippen molar-refractivity contribution in [3.05, 3.63) is 54.6 Å². The maximum atomic E-state index is 12.4. The number of alkyl halides is 3. The maximum absolute atomic E-state index is 12.4. The number of benzene rings is 1. The first-order chi connectivity index (χ1) is 11.9. The van der Waals surface area contributed by atoms with Crippen LogP contribution in [0.1, 0.15) is 5.56 Å². The molecule has 8 heteroatoms. The molecule has 0 unspecified atom stereocenters. The number of fused-ring (bicyclic) bond motifs is 2. The summed E-state index contributed by atoms with van der Waals surface area (Å²) in [5.41, 5.74) is 3.59. The van der Waals surface area contributed by atoms with Crippen LogP contribution in [-0.4, -0.2) is 25.9 Å². The summed E-state index contributed by atoms with van der Waals surface area (Å²) in [7, 11) is 0. The molecular weight excluding hydrogens is 333 g/mol. The summed E-state index contributed by atoms with van der Waals surface area (Å²) in [6.45, 7) is 1.91. The molecule has 0 aliphatic carbocycles. The highest BCUT2D eigenvalue weighted by molar-refractivity contribution is 5.98. The second kappa shape index (κ2) is 5.44. The minimum absolute atomic E-state index is 0.307. The van der Waals surface area contributed by atoms with E-state index in [4.69, 9.17) is 0 Å². The smallest absolute Gasteiger partial charge is 0.406 e. The molecule has 0 aliphatic rings. The molecule has 0 saturated carbocycles. The van der Waals surface area contributed by atoms with Gasteiger partial charge >= 0.3 is 6.36 Å². The molecule has 1 aromatic carbocycles. The van der Waals surface area contributed by atoms with Crippen LogP contribution in [0.25, 0.3) is 27.7 Å². The minimum Gasteiger partial charge on any atom is -0.406 e. The van der Waals surface area contributed by atoms with Crippen molar-refractivity contribution in [2.75, 3.05) is 0 Å². The van der Waals surface area contributed by atoms with Gasteiger partial charge in [-0.05, 0) is 36.2 Å². The van der Waals surface area contributed by atoms with Gasteiger partial charge in [0.1, 0.15) is 5.75 Å². The first-order valence-corrected chi connectivity index (χ1v) is 7.35. The lowest BCUT2D eigenvalue weighted by molar-refractivity contribution is -0.274. The Balaban J connectivity index is 1.87. The summed E-state index contributed by atoms with van der Waals surface area (Å²) in [6.07, 6.45) is 2.06. The van der Waals surface area contributed by atoms with Gasteiger partial charge in [-0.3, -0.25) is 4.98 Å². The maximum Gasteiger partial charge on any atom is 0.573 e.